The molecule has 1 aliphatic rings. The number of carbonyl (C=O) groups excluding carboxylic acids is 2. The smallest absolute Gasteiger partial charge is 0.248 e. The van der Waals surface area contributed by atoms with Crippen molar-refractivity contribution in [1.29, 1.82) is 0 Å². The van der Waals surface area contributed by atoms with Crippen LogP contribution in [0.4, 0.5) is 0 Å². The molecule has 4 atom stereocenters. The molecule has 0 aliphatic carbocycles. The molecule has 3 heterocycles. The maximum absolute atomic E-state index is 13.5. The molecule has 0 bridgehead atoms. The third kappa shape index (κ3) is 7.84. The third-order valence-electron chi connectivity index (χ3n) is 9.20. The van der Waals surface area contributed by atoms with Gasteiger partial charge in [0.25, 0.3) is 0 Å². The Labute approximate surface area is 282 Å². The number of aromatic amines is 2. The van der Waals surface area contributed by atoms with E-state index in [0.717, 1.165) is 58.1 Å². The van der Waals surface area contributed by atoms with E-state index in [9.17, 15) is 9.59 Å². The van der Waals surface area contributed by atoms with E-state index in [0.29, 0.717) is 6.54 Å². The zero-order valence-corrected chi connectivity index (χ0v) is 28.9. The number of amides is 2. The van der Waals surface area contributed by atoms with Crippen molar-refractivity contribution in [2.75, 3.05) is 13.7 Å². The van der Waals surface area contributed by atoms with Crippen LogP contribution < -0.4 is 5.32 Å². The van der Waals surface area contributed by atoms with Crippen LogP contribution in [0.5, 0.6) is 0 Å². The monoisotopic (exact) mass is 653 g/mol. The summed E-state index contributed by atoms with van der Waals surface area (Å²) < 4.78 is 0. The molecule has 1 saturated heterocycles. The second kappa shape index (κ2) is 15.4. The Morgan fingerprint density at radius 1 is 0.875 bits per heavy atom. The maximum atomic E-state index is 13.5. The van der Waals surface area contributed by atoms with Crippen LogP contribution in [0.3, 0.4) is 0 Å². The van der Waals surface area contributed by atoms with Crippen molar-refractivity contribution >= 4 is 18.2 Å². The van der Waals surface area contributed by atoms with Crippen molar-refractivity contribution in [3.63, 3.8) is 0 Å². The molecule has 0 spiro atoms. The van der Waals surface area contributed by atoms with Gasteiger partial charge in [0, 0.05) is 12.5 Å². The lowest BCUT2D eigenvalue weighted by Crippen LogP contribution is -2.40. The lowest BCUT2D eigenvalue weighted by atomic mass is 9.97. The minimum Gasteiger partial charge on any atom is -0.346 e. The average molecular weight is 654 g/mol. The van der Waals surface area contributed by atoms with E-state index in [1.54, 1.807) is 0 Å². The van der Waals surface area contributed by atoms with Crippen LogP contribution in [0.15, 0.2) is 65.9 Å². The van der Waals surface area contributed by atoms with Gasteiger partial charge in [0.15, 0.2) is 0 Å². The molecule has 0 saturated carbocycles. The molecule has 11 nitrogen and oxygen atoms in total. The Morgan fingerprint density at radius 2 is 1.46 bits per heavy atom. The van der Waals surface area contributed by atoms with E-state index < -0.39 is 6.04 Å². The SMILES string of the molecule is COOC=N[C@H](C(=O)N1CCC[C@H]1c1ncc(-c2ccc(-c3ccc(-c4cnc([C@@H](C)NC(=O)[C@@H](C)C(C)C)[nH]4)cc3)cc2)[nH]1)C(C)C. The average Bonchev–Trinajstić information content (AvgIpc) is 3.87. The summed E-state index contributed by atoms with van der Waals surface area (Å²) in [5.41, 5.74) is 6.02. The number of nitrogens with one attached hydrogen (secondary N) is 3. The molecule has 11 heteroatoms. The molecule has 2 amide bonds. The van der Waals surface area contributed by atoms with Crippen molar-refractivity contribution in [3.05, 3.63) is 72.6 Å². The number of aliphatic imine (C=N–C) groups is 1. The largest absolute Gasteiger partial charge is 0.346 e. The van der Waals surface area contributed by atoms with Crippen LogP contribution in [0, 0.1) is 17.8 Å². The van der Waals surface area contributed by atoms with Gasteiger partial charge in [-0.3, -0.25) is 9.59 Å². The van der Waals surface area contributed by atoms with E-state index in [2.05, 4.69) is 83.7 Å². The number of hydrogen-bond acceptors (Lipinski definition) is 7. The van der Waals surface area contributed by atoms with Gasteiger partial charge in [0.1, 0.15) is 17.7 Å². The summed E-state index contributed by atoms with van der Waals surface area (Å²) in [5, 5.41) is 3.06. The number of benzene rings is 2. The number of carbonyl (C=O) groups is 2. The minimum atomic E-state index is -0.560. The predicted octanol–water partition coefficient (Wildman–Crippen LogP) is 6.90. The van der Waals surface area contributed by atoms with Crippen LogP contribution in [-0.4, -0.2) is 62.7 Å². The van der Waals surface area contributed by atoms with Gasteiger partial charge in [-0.05, 0) is 53.9 Å². The van der Waals surface area contributed by atoms with Gasteiger partial charge in [0.05, 0.1) is 43.0 Å². The van der Waals surface area contributed by atoms with Gasteiger partial charge in [-0.1, -0.05) is 83.1 Å². The highest BCUT2D eigenvalue weighted by atomic mass is 17.2. The molecule has 2 aromatic carbocycles. The first-order valence-electron chi connectivity index (χ1n) is 16.7. The fourth-order valence-electron chi connectivity index (χ4n) is 5.90. The molecular weight excluding hydrogens is 606 g/mol. The van der Waals surface area contributed by atoms with E-state index in [4.69, 9.17) is 4.89 Å². The van der Waals surface area contributed by atoms with Crippen molar-refractivity contribution in [2.45, 2.75) is 72.5 Å². The van der Waals surface area contributed by atoms with Crippen molar-refractivity contribution in [1.82, 2.24) is 30.2 Å². The first kappa shape index (κ1) is 34.6. The van der Waals surface area contributed by atoms with Crippen LogP contribution in [0.25, 0.3) is 33.6 Å². The second-order valence-electron chi connectivity index (χ2n) is 13.2. The molecule has 5 rings (SSSR count). The van der Waals surface area contributed by atoms with Gasteiger partial charge >= 0.3 is 0 Å². The summed E-state index contributed by atoms with van der Waals surface area (Å²) in [6.07, 6.45) is 6.57. The van der Waals surface area contributed by atoms with Gasteiger partial charge in [-0.25, -0.2) is 15.0 Å². The lowest BCUT2D eigenvalue weighted by molar-refractivity contribution is -0.188. The van der Waals surface area contributed by atoms with Gasteiger partial charge < -0.3 is 25.1 Å². The number of H-pyrrole nitrogens is 2. The number of nitrogens with zero attached hydrogens (tertiary/aromatic N) is 4. The zero-order valence-electron chi connectivity index (χ0n) is 28.9. The number of aromatic nitrogens is 4. The summed E-state index contributed by atoms with van der Waals surface area (Å²) in [5.74, 6) is 1.71. The van der Waals surface area contributed by atoms with E-state index in [1.807, 2.05) is 58.8 Å². The van der Waals surface area contributed by atoms with Crippen molar-refractivity contribution in [3.8, 4) is 33.6 Å². The maximum Gasteiger partial charge on any atom is 0.248 e. The Bertz CT molecular complexity index is 1690. The first-order chi connectivity index (χ1) is 23.1. The molecule has 254 valence electrons. The fourth-order valence-corrected chi connectivity index (χ4v) is 5.90. The predicted molar refractivity (Wildman–Crippen MR) is 187 cm³/mol. The fraction of sp³-hybridized carbons (Fsp3) is 0.432. The Morgan fingerprint density at radius 3 is 2.04 bits per heavy atom. The number of hydrogen-bond donors (Lipinski definition) is 3. The summed E-state index contributed by atoms with van der Waals surface area (Å²) in [7, 11) is 1.40. The minimum absolute atomic E-state index is 0.00320. The lowest BCUT2D eigenvalue weighted by Gasteiger charge is -2.27. The Hall–Kier alpha value is -4.77. The van der Waals surface area contributed by atoms with E-state index in [1.165, 1.54) is 13.5 Å². The van der Waals surface area contributed by atoms with Crippen molar-refractivity contribution in [2.24, 2.45) is 22.7 Å². The summed E-state index contributed by atoms with van der Waals surface area (Å²) in [6, 6.07) is 15.8. The van der Waals surface area contributed by atoms with E-state index >= 15 is 0 Å². The highest BCUT2D eigenvalue weighted by Crippen LogP contribution is 2.34. The molecule has 4 aromatic rings. The standard InChI is InChI=1S/C37H47N7O4/c1-22(2)24(5)36(45)41-25(6)34-38-19-30(42-34)28-14-10-26(11-15-28)27-12-16-29(17-13-27)31-20-39-35(43-31)32-9-8-18-44(32)37(46)33(23(3)4)40-21-48-47-7/h10-17,19-25,32-33H,8-9,18H2,1-7H3,(H,38,42)(H,39,43)(H,41,45)/t24-,25+,32-,33-/m0/s1. The van der Waals surface area contributed by atoms with E-state index in [-0.39, 0.29) is 41.7 Å². The third-order valence-corrected chi connectivity index (χ3v) is 9.20. The quantitative estimate of drug-likeness (QED) is 0.0622. The second-order valence-corrected chi connectivity index (χ2v) is 13.2. The molecule has 1 fully saturated rings. The van der Waals surface area contributed by atoms with Gasteiger partial charge in [-0.15, -0.1) is 0 Å². The topological polar surface area (TPSA) is 138 Å². The molecule has 48 heavy (non-hydrogen) atoms. The van der Waals surface area contributed by atoms with Crippen LogP contribution in [0.1, 0.15) is 78.1 Å². The highest BCUT2D eigenvalue weighted by molar-refractivity contribution is 5.84. The molecule has 1 aliphatic heterocycles. The Balaban J connectivity index is 1.23. The molecule has 3 N–H and O–H groups in total. The molecule has 2 aromatic heterocycles. The molecule has 0 unspecified atom stereocenters. The summed E-state index contributed by atoms with van der Waals surface area (Å²) in [4.78, 5) is 57.6. The number of rotatable bonds is 13. The van der Waals surface area contributed by atoms with Gasteiger partial charge in [-0.2, -0.15) is 4.89 Å². The van der Waals surface area contributed by atoms with Crippen molar-refractivity contribution < 1.29 is 19.4 Å². The first-order valence-corrected chi connectivity index (χ1v) is 16.7. The normalized spacial score (nSPS) is 16.9. The number of likely N-dealkylation sites (tertiary alicyclic amines) is 1. The van der Waals surface area contributed by atoms with Gasteiger partial charge in [0.2, 0.25) is 18.2 Å². The summed E-state index contributed by atoms with van der Waals surface area (Å²) in [6.45, 7) is 12.6. The highest BCUT2D eigenvalue weighted by Gasteiger charge is 2.36. The van der Waals surface area contributed by atoms with Crippen LogP contribution >= 0.6 is 0 Å². The Kier molecular flexibility index (Phi) is 11.1. The van der Waals surface area contributed by atoms with Crippen LogP contribution in [-0.2, 0) is 19.4 Å². The molecule has 0 radical (unpaired) electrons. The zero-order chi connectivity index (χ0) is 34.4. The molecular formula is C37H47N7O4. The van der Waals surface area contributed by atoms with Crippen LogP contribution in [0.2, 0.25) is 0 Å². The number of imidazole rings is 2. The summed E-state index contributed by atoms with van der Waals surface area (Å²) >= 11 is 0.